The lowest BCUT2D eigenvalue weighted by Crippen LogP contribution is -2.60. The predicted octanol–water partition coefficient (Wildman–Crippen LogP) is 6.00. The molecule has 210 valence electrons. The highest BCUT2D eigenvalue weighted by atomic mass is 19.1. The second-order valence-corrected chi connectivity index (χ2v) is 12.6. The first-order valence-corrected chi connectivity index (χ1v) is 13.5. The van der Waals surface area contributed by atoms with Crippen LogP contribution in [0.4, 0.5) is 30.6 Å². The number of likely N-dealkylation sites (tertiary alicyclic amines) is 1. The fourth-order valence-electron chi connectivity index (χ4n) is 5.77. The molecule has 4 rings (SSSR count). The molecule has 3 heterocycles. The monoisotopic (exact) mass is 534 g/mol. The lowest BCUT2D eigenvalue weighted by molar-refractivity contribution is 0.0772. The van der Waals surface area contributed by atoms with E-state index < -0.39 is 28.8 Å². The highest BCUT2D eigenvalue weighted by molar-refractivity contribution is 5.57. The molecule has 38 heavy (non-hydrogen) atoms. The van der Waals surface area contributed by atoms with Gasteiger partial charge in [0, 0.05) is 41.5 Å². The van der Waals surface area contributed by atoms with Crippen molar-refractivity contribution in [3.05, 3.63) is 35.8 Å². The summed E-state index contributed by atoms with van der Waals surface area (Å²) in [6.45, 7) is 15.0. The molecule has 0 amide bonds. The molecule has 2 aromatic rings. The van der Waals surface area contributed by atoms with E-state index in [-0.39, 0.29) is 34.6 Å². The van der Waals surface area contributed by atoms with Crippen LogP contribution in [0, 0.1) is 17.5 Å². The molecule has 2 aliphatic rings. The summed E-state index contributed by atoms with van der Waals surface area (Å²) >= 11 is 0. The summed E-state index contributed by atoms with van der Waals surface area (Å²) in [4.78, 5) is 10.5. The van der Waals surface area contributed by atoms with Crippen molar-refractivity contribution in [2.75, 3.05) is 30.3 Å². The average Bonchev–Trinajstić information content (AvgIpc) is 3.29. The third kappa shape index (κ3) is 7.50. The van der Waals surface area contributed by atoms with Gasteiger partial charge in [0.15, 0.2) is 29.0 Å². The van der Waals surface area contributed by atoms with Crippen molar-refractivity contribution < 1.29 is 17.9 Å². The predicted molar refractivity (Wildman–Crippen MR) is 145 cm³/mol. The Morgan fingerprint density at radius 1 is 1.03 bits per heavy atom. The number of rotatable bonds is 9. The average molecular weight is 535 g/mol. The highest BCUT2D eigenvalue weighted by Gasteiger charge is 2.38. The number of piperidine rings is 1. The Hall–Kier alpha value is -2.59. The SMILES string of the molecule is CC1(C)CC(Nc2nc(Nc3cc(F)c(OC(C)(C)CCN4CCCC4)c(F)c3)ncc2F)CC(C)(C)N1. The van der Waals surface area contributed by atoms with Crippen molar-refractivity contribution in [3.8, 4) is 5.75 Å². The van der Waals surface area contributed by atoms with E-state index in [4.69, 9.17) is 4.74 Å². The molecular weight excluding hydrogens is 493 g/mol. The highest BCUT2D eigenvalue weighted by Crippen LogP contribution is 2.33. The number of halogens is 3. The van der Waals surface area contributed by atoms with Crippen LogP contribution in [0.25, 0.3) is 0 Å². The van der Waals surface area contributed by atoms with Gasteiger partial charge in [-0.25, -0.2) is 18.2 Å². The van der Waals surface area contributed by atoms with E-state index in [1.165, 1.54) is 12.8 Å². The third-order valence-electron chi connectivity index (χ3n) is 7.14. The zero-order valence-corrected chi connectivity index (χ0v) is 23.4. The molecule has 10 heteroatoms. The van der Waals surface area contributed by atoms with Gasteiger partial charge in [-0.3, -0.25) is 0 Å². The van der Waals surface area contributed by atoms with E-state index in [0.717, 1.165) is 50.8 Å². The van der Waals surface area contributed by atoms with Crippen molar-refractivity contribution in [3.63, 3.8) is 0 Å². The summed E-state index contributed by atoms with van der Waals surface area (Å²) in [5.41, 5.74) is -0.904. The molecule has 2 fully saturated rings. The van der Waals surface area contributed by atoms with Gasteiger partial charge in [-0.2, -0.15) is 4.98 Å². The van der Waals surface area contributed by atoms with Crippen LogP contribution in [0.5, 0.6) is 5.75 Å². The molecule has 0 spiro atoms. The fourth-order valence-corrected chi connectivity index (χ4v) is 5.77. The zero-order chi connectivity index (χ0) is 27.7. The first kappa shape index (κ1) is 28.4. The number of aromatic nitrogens is 2. The van der Waals surface area contributed by atoms with Crippen molar-refractivity contribution >= 4 is 17.5 Å². The number of nitrogens with one attached hydrogen (secondary N) is 3. The van der Waals surface area contributed by atoms with Gasteiger partial charge in [0.05, 0.1) is 6.20 Å². The minimum absolute atomic E-state index is 0.0151. The summed E-state index contributed by atoms with van der Waals surface area (Å²) in [5.74, 6) is -2.60. The Morgan fingerprint density at radius 2 is 1.63 bits per heavy atom. The minimum Gasteiger partial charge on any atom is -0.482 e. The van der Waals surface area contributed by atoms with Gasteiger partial charge in [0.25, 0.3) is 0 Å². The lowest BCUT2D eigenvalue weighted by atomic mass is 9.79. The molecule has 0 atom stereocenters. The zero-order valence-electron chi connectivity index (χ0n) is 23.4. The van der Waals surface area contributed by atoms with Gasteiger partial charge in [-0.05, 0) is 86.7 Å². The Bertz CT molecular complexity index is 1090. The maximum absolute atomic E-state index is 14.9. The number of anilines is 3. The van der Waals surface area contributed by atoms with Crippen molar-refractivity contribution in [2.24, 2.45) is 0 Å². The van der Waals surface area contributed by atoms with Gasteiger partial charge in [-0.15, -0.1) is 0 Å². The van der Waals surface area contributed by atoms with Crippen molar-refractivity contribution in [1.29, 1.82) is 0 Å². The Kier molecular flexibility index (Phi) is 8.14. The molecule has 1 aromatic carbocycles. The van der Waals surface area contributed by atoms with E-state index >= 15 is 0 Å². The molecule has 1 aromatic heterocycles. The van der Waals surface area contributed by atoms with Gasteiger partial charge in [0.2, 0.25) is 5.95 Å². The Balaban J connectivity index is 1.44. The standard InChI is InChI=1S/C28H41F3N6O/c1-26(2)15-19(16-27(3,4)36-26)33-24-22(31)17-32-25(35-24)34-18-13-20(29)23(21(30)14-18)38-28(5,6)9-12-37-10-7-8-11-37/h13-14,17,19,36H,7-12,15-16H2,1-6H3,(H2,32,33,34,35). The van der Waals surface area contributed by atoms with Crippen LogP contribution < -0.4 is 20.7 Å². The van der Waals surface area contributed by atoms with Crippen LogP contribution in [0.15, 0.2) is 18.3 Å². The molecule has 2 saturated heterocycles. The molecule has 0 unspecified atom stereocenters. The van der Waals surface area contributed by atoms with Crippen LogP contribution in [0.1, 0.15) is 73.6 Å². The maximum atomic E-state index is 14.9. The largest absolute Gasteiger partial charge is 0.482 e. The molecule has 0 bridgehead atoms. The Labute approximate surface area is 224 Å². The van der Waals surface area contributed by atoms with Gasteiger partial charge < -0.3 is 25.6 Å². The summed E-state index contributed by atoms with van der Waals surface area (Å²) in [5, 5.41) is 9.58. The summed E-state index contributed by atoms with van der Waals surface area (Å²) in [6.07, 6.45) is 5.61. The van der Waals surface area contributed by atoms with Crippen LogP contribution in [-0.2, 0) is 0 Å². The molecule has 3 N–H and O–H groups in total. The number of ether oxygens (including phenoxy) is 1. The normalized spacial score (nSPS) is 19.9. The van der Waals surface area contributed by atoms with E-state index in [0.29, 0.717) is 6.42 Å². The van der Waals surface area contributed by atoms with Gasteiger partial charge >= 0.3 is 0 Å². The van der Waals surface area contributed by atoms with Crippen LogP contribution >= 0.6 is 0 Å². The topological polar surface area (TPSA) is 74.3 Å². The first-order chi connectivity index (χ1) is 17.7. The summed E-state index contributed by atoms with van der Waals surface area (Å²) in [6, 6.07) is 2.25. The van der Waals surface area contributed by atoms with E-state index in [2.05, 4.69) is 58.5 Å². The smallest absolute Gasteiger partial charge is 0.229 e. The third-order valence-corrected chi connectivity index (χ3v) is 7.14. The summed E-state index contributed by atoms with van der Waals surface area (Å²) in [7, 11) is 0. The van der Waals surface area contributed by atoms with Gasteiger partial charge in [-0.1, -0.05) is 0 Å². The first-order valence-electron chi connectivity index (χ1n) is 13.5. The molecule has 0 saturated carbocycles. The van der Waals surface area contributed by atoms with E-state index in [1.54, 1.807) is 0 Å². The van der Waals surface area contributed by atoms with Crippen molar-refractivity contribution in [1.82, 2.24) is 20.2 Å². The molecular formula is C28H41F3N6O. The number of hydrogen-bond donors (Lipinski definition) is 3. The number of nitrogens with zero attached hydrogens (tertiary/aromatic N) is 3. The van der Waals surface area contributed by atoms with Crippen LogP contribution in [0.3, 0.4) is 0 Å². The molecule has 0 radical (unpaired) electrons. The molecule has 2 aliphatic heterocycles. The van der Waals surface area contributed by atoms with E-state index in [9.17, 15) is 13.2 Å². The Morgan fingerprint density at radius 3 is 2.24 bits per heavy atom. The number of hydrogen-bond acceptors (Lipinski definition) is 7. The van der Waals surface area contributed by atoms with Crippen LogP contribution in [-0.4, -0.2) is 57.2 Å². The minimum atomic E-state index is -0.832. The van der Waals surface area contributed by atoms with E-state index in [1.807, 2.05) is 13.8 Å². The number of benzene rings is 1. The molecule has 7 nitrogen and oxygen atoms in total. The quantitative estimate of drug-likeness (QED) is 0.364. The maximum Gasteiger partial charge on any atom is 0.229 e. The fraction of sp³-hybridized carbons (Fsp3) is 0.643. The summed E-state index contributed by atoms with van der Waals surface area (Å²) < 4.78 is 50.3. The second kappa shape index (κ2) is 10.9. The molecule has 0 aliphatic carbocycles. The lowest BCUT2D eigenvalue weighted by Gasteiger charge is -2.46. The van der Waals surface area contributed by atoms with Gasteiger partial charge in [0.1, 0.15) is 5.60 Å². The van der Waals surface area contributed by atoms with Crippen molar-refractivity contribution in [2.45, 2.75) is 96.4 Å². The van der Waals surface area contributed by atoms with Crippen LogP contribution in [0.2, 0.25) is 0 Å². The second-order valence-electron chi connectivity index (χ2n) is 12.6.